The highest BCUT2D eigenvalue weighted by Crippen LogP contribution is 2.14. The van der Waals surface area contributed by atoms with Crippen LogP contribution < -0.4 is 0 Å². The fraction of sp³-hybridized carbons (Fsp3) is 0.868. The Bertz CT molecular complexity index is 536. The molecule has 0 heterocycles. The van der Waals surface area contributed by atoms with Gasteiger partial charge in [0, 0.05) is 6.08 Å². The highest BCUT2D eigenvalue weighted by molar-refractivity contribution is 5.81. The van der Waals surface area contributed by atoms with Crippen LogP contribution in [0.3, 0.4) is 0 Å². The van der Waals surface area contributed by atoms with Crippen molar-refractivity contribution >= 4 is 5.97 Å². The van der Waals surface area contributed by atoms with Crippen LogP contribution in [0, 0.1) is 0 Å². The summed E-state index contributed by atoms with van der Waals surface area (Å²) in [6, 6.07) is 0. The minimum absolute atomic E-state index is 0.159. The van der Waals surface area contributed by atoms with Crippen LogP contribution in [0.5, 0.6) is 0 Å². The maximum atomic E-state index is 11.8. The average Bonchev–Trinajstić information content (AvgIpc) is 2.96. The number of hydrogen-bond acceptors (Lipinski definition) is 2. The summed E-state index contributed by atoms with van der Waals surface area (Å²) >= 11 is 0. The topological polar surface area (TPSA) is 26.3 Å². The molecule has 0 unspecified atom stereocenters. The number of rotatable bonds is 33. The van der Waals surface area contributed by atoms with E-state index in [2.05, 4.69) is 26.0 Å². The van der Waals surface area contributed by atoms with Crippen molar-refractivity contribution in [1.82, 2.24) is 0 Å². The number of ether oxygens (including phenoxy) is 1. The molecule has 0 aromatic rings. The van der Waals surface area contributed by atoms with E-state index in [1.807, 2.05) is 6.08 Å². The highest BCUT2D eigenvalue weighted by atomic mass is 16.5. The standard InChI is InChI=1S/C38H72O2/c1-3-5-7-9-11-13-15-17-19-21-22-24-26-28-30-32-34-36-38(39)40-37-35-33-31-29-27-25-23-20-18-16-14-12-10-8-6-4-2/h18,20,34,36H,3-17,19,21-33,35,37H2,1-2H3/b20-18+,36-34?. The Morgan fingerprint density at radius 3 is 1.07 bits per heavy atom. The molecule has 0 aliphatic carbocycles. The van der Waals surface area contributed by atoms with Crippen molar-refractivity contribution in [2.45, 2.75) is 206 Å². The Balaban J connectivity index is 3.25. The molecule has 236 valence electrons. The molecule has 2 heteroatoms. The number of hydrogen-bond donors (Lipinski definition) is 0. The molecule has 0 saturated heterocycles. The minimum atomic E-state index is -0.159. The van der Waals surface area contributed by atoms with Crippen LogP contribution in [0.4, 0.5) is 0 Å². The van der Waals surface area contributed by atoms with E-state index in [1.54, 1.807) is 6.08 Å². The van der Waals surface area contributed by atoms with Crippen LogP contribution in [-0.2, 0) is 9.53 Å². The van der Waals surface area contributed by atoms with Crippen LogP contribution in [0.2, 0.25) is 0 Å². The fourth-order valence-corrected chi connectivity index (χ4v) is 5.38. The van der Waals surface area contributed by atoms with Crippen LogP contribution in [-0.4, -0.2) is 12.6 Å². The van der Waals surface area contributed by atoms with Crippen LogP contribution >= 0.6 is 0 Å². The van der Waals surface area contributed by atoms with Crippen molar-refractivity contribution in [2.24, 2.45) is 0 Å². The number of carbonyl (C=O) groups is 1. The molecular weight excluding hydrogens is 488 g/mol. The van der Waals surface area contributed by atoms with Gasteiger partial charge < -0.3 is 4.74 Å². The summed E-state index contributed by atoms with van der Waals surface area (Å²) in [6.45, 7) is 5.14. The normalized spacial score (nSPS) is 11.8. The quantitative estimate of drug-likeness (QED) is 0.0345. The molecule has 0 amide bonds. The third-order valence-corrected chi connectivity index (χ3v) is 8.13. The van der Waals surface area contributed by atoms with Gasteiger partial charge in [0.25, 0.3) is 0 Å². The molecule has 0 N–H and O–H groups in total. The van der Waals surface area contributed by atoms with Crippen LogP contribution in [0.15, 0.2) is 24.3 Å². The molecule has 0 saturated carbocycles. The van der Waals surface area contributed by atoms with Gasteiger partial charge >= 0.3 is 5.97 Å². The molecule has 2 nitrogen and oxygen atoms in total. The van der Waals surface area contributed by atoms with Crippen LogP contribution in [0.25, 0.3) is 0 Å². The lowest BCUT2D eigenvalue weighted by molar-refractivity contribution is -0.137. The van der Waals surface area contributed by atoms with Gasteiger partial charge in [-0.25, -0.2) is 4.79 Å². The van der Waals surface area contributed by atoms with Gasteiger partial charge in [-0.2, -0.15) is 0 Å². The monoisotopic (exact) mass is 561 g/mol. The van der Waals surface area contributed by atoms with Gasteiger partial charge in [-0.05, 0) is 44.9 Å². The molecule has 0 aromatic heterocycles. The van der Waals surface area contributed by atoms with Gasteiger partial charge in [-0.15, -0.1) is 0 Å². The number of carbonyl (C=O) groups excluding carboxylic acids is 1. The van der Waals surface area contributed by atoms with Gasteiger partial charge in [0.15, 0.2) is 0 Å². The molecular formula is C38H72O2. The van der Waals surface area contributed by atoms with E-state index in [1.165, 1.54) is 180 Å². The maximum Gasteiger partial charge on any atom is 0.330 e. The molecule has 40 heavy (non-hydrogen) atoms. The molecule has 0 radical (unpaired) electrons. The van der Waals surface area contributed by atoms with E-state index in [0.29, 0.717) is 6.61 Å². The number of allylic oxidation sites excluding steroid dienone is 3. The Kier molecular flexibility index (Phi) is 35.0. The van der Waals surface area contributed by atoms with Crippen molar-refractivity contribution in [3.05, 3.63) is 24.3 Å². The van der Waals surface area contributed by atoms with E-state index < -0.39 is 0 Å². The largest absolute Gasteiger partial charge is 0.463 e. The Labute approximate surface area is 252 Å². The minimum Gasteiger partial charge on any atom is -0.463 e. The number of esters is 1. The van der Waals surface area contributed by atoms with Gasteiger partial charge in [0.05, 0.1) is 6.61 Å². The zero-order valence-electron chi connectivity index (χ0n) is 27.5. The summed E-state index contributed by atoms with van der Waals surface area (Å²) in [6.07, 6.45) is 48.5. The van der Waals surface area contributed by atoms with E-state index >= 15 is 0 Å². The van der Waals surface area contributed by atoms with Crippen molar-refractivity contribution in [3.63, 3.8) is 0 Å². The first-order chi connectivity index (χ1) is 19.8. The first-order valence-corrected chi connectivity index (χ1v) is 18.3. The van der Waals surface area contributed by atoms with Crippen molar-refractivity contribution in [1.29, 1.82) is 0 Å². The lowest BCUT2D eigenvalue weighted by atomic mass is 10.0. The highest BCUT2D eigenvalue weighted by Gasteiger charge is 1.98. The molecule has 0 fully saturated rings. The Morgan fingerprint density at radius 1 is 0.400 bits per heavy atom. The fourth-order valence-electron chi connectivity index (χ4n) is 5.38. The third kappa shape index (κ3) is 35.0. The SMILES string of the molecule is CCCCCCCC/C=C/CCCCCCCCOC(=O)C=CCCCCCCCCCCCCCCCCC. The predicted molar refractivity (Wildman–Crippen MR) is 179 cm³/mol. The second kappa shape index (κ2) is 36.0. The second-order valence-corrected chi connectivity index (χ2v) is 12.2. The maximum absolute atomic E-state index is 11.8. The van der Waals surface area contributed by atoms with Crippen molar-refractivity contribution in [2.75, 3.05) is 6.61 Å². The second-order valence-electron chi connectivity index (χ2n) is 12.2. The lowest BCUT2D eigenvalue weighted by Gasteiger charge is -2.03. The summed E-state index contributed by atoms with van der Waals surface area (Å²) in [5, 5.41) is 0. The molecule has 0 spiro atoms. The first-order valence-electron chi connectivity index (χ1n) is 18.3. The smallest absolute Gasteiger partial charge is 0.330 e. The van der Waals surface area contributed by atoms with E-state index in [9.17, 15) is 4.79 Å². The molecule has 0 aliphatic rings. The van der Waals surface area contributed by atoms with Crippen molar-refractivity contribution < 1.29 is 9.53 Å². The summed E-state index contributed by atoms with van der Waals surface area (Å²) in [4.78, 5) is 11.8. The summed E-state index contributed by atoms with van der Waals surface area (Å²) < 4.78 is 5.36. The molecule has 0 aliphatic heterocycles. The van der Waals surface area contributed by atoms with E-state index in [-0.39, 0.29) is 5.97 Å². The first kappa shape index (κ1) is 39.0. The number of unbranched alkanes of at least 4 members (excludes halogenated alkanes) is 27. The zero-order valence-corrected chi connectivity index (χ0v) is 27.5. The molecule has 0 rings (SSSR count). The Hall–Kier alpha value is -1.05. The summed E-state index contributed by atoms with van der Waals surface area (Å²) in [5.74, 6) is -0.159. The van der Waals surface area contributed by atoms with Gasteiger partial charge in [-0.3, -0.25) is 0 Å². The lowest BCUT2D eigenvalue weighted by Crippen LogP contribution is -2.02. The molecule has 0 aromatic carbocycles. The van der Waals surface area contributed by atoms with E-state index in [4.69, 9.17) is 4.74 Å². The molecule has 0 bridgehead atoms. The summed E-state index contributed by atoms with van der Waals surface area (Å²) in [5.41, 5.74) is 0. The van der Waals surface area contributed by atoms with Gasteiger partial charge in [0.2, 0.25) is 0 Å². The average molecular weight is 561 g/mol. The zero-order chi connectivity index (χ0) is 29.0. The predicted octanol–water partition coefficient (Wildman–Crippen LogP) is 13.4. The molecule has 0 atom stereocenters. The van der Waals surface area contributed by atoms with Gasteiger partial charge in [0.1, 0.15) is 0 Å². The third-order valence-electron chi connectivity index (χ3n) is 8.13. The van der Waals surface area contributed by atoms with E-state index in [0.717, 1.165) is 12.8 Å². The summed E-state index contributed by atoms with van der Waals surface area (Å²) in [7, 11) is 0. The van der Waals surface area contributed by atoms with Crippen molar-refractivity contribution in [3.8, 4) is 0 Å². The van der Waals surface area contributed by atoms with Crippen LogP contribution in [0.1, 0.15) is 206 Å². The Morgan fingerprint density at radius 2 is 0.700 bits per heavy atom. The van der Waals surface area contributed by atoms with Gasteiger partial charge in [-0.1, -0.05) is 180 Å².